The number of hydrogen-bond acceptors (Lipinski definition) is 4. The normalized spacial score (nSPS) is 15.0. The molecule has 2 N–H and O–H groups in total. The molecule has 0 unspecified atom stereocenters. The van der Waals surface area contributed by atoms with Crippen LogP contribution in [0.3, 0.4) is 0 Å². The number of nitrogens with one attached hydrogen (secondary N) is 2. The molecule has 0 amide bonds. The molecule has 3 rings (SSSR count). The molecule has 7 heteroatoms. The van der Waals surface area contributed by atoms with Crippen LogP contribution in [-0.2, 0) is 13.1 Å². The van der Waals surface area contributed by atoms with E-state index < -0.39 is 4.92 Å². The molecule has 0 spiro atoms. The van der Waals surface area contributed by atoms with Crippen molar-refractivity contribution < 1.29 is 4.92 Å². The van der Waals surface area contributed by atoms with E-state index in [0.29, 0.717) is 19.1 Å². The maximum atomic E-state index is 10.7. The molecule has 1 heterocycles. The number of rotatable bonds is 6. The standard InChI is InChI=1S/C19H23N5O2/c25-24(26)18-10-8-15(9-11-18)13-21-19(23-16-5-1-2-6-16)22-14-17-7-3-4-12-20-17/h3-4,7-12,16H,1-2,5-6,13-14H2,(H2,21,22,23). The fourth-order valence-electron chi connectivity index (χ4n) is 2.99. The Kier molecular flexibility index (Phi) is 6.14. The summed E-state index contributed by atoms with van der Waals surface area (Å²) in [7, 11) is 0. The number of non-ortho nitro benzene ring substituents is 1. The monoisotopic (exact) mass is 353 g/mol. The number of nitro benzene ring substituents is 1. The number of benzene rings is 1. The van der Waals surface area contributed by atoms with E-state index in [0.717, 1.165) is 30.1 Å². The van der Waals surface area contributed by atoms with Crippen LogP contribution in [0.15, 0.2) is 53.7 Å². The summed E-state index contributed by atoms with van der Waals surface area (Å²) in [4.78, 5) is 19.3. The summed E-state index contributed by atoms with van der Waals surface area (Å²) >= 11 is 0. The van der Waals surface area contributed by atoms with Crippen LogP contribution in [0.25, 0.3) is 0 Å². The third kappa shape index (κ3) is 5.27. The van der Waals surface area contributed by atoms with Gasteiger partial charge in [0.05, 0.1) is 23.7 Å². The highest BCUT2D eigenvalue weighted by Crippen LogP contribution is 2.17. The van der Waals surface area contributed by atoms with Crippen molar-refractivity contribution in [3.05, 3.63) is 70.0 Å². The summed E-state index contributed by atoms with van der Waals surface area (Å²) in [6.07, 6.45) is 6.57. The van der Waals surface area contributed by atoms with Gasteiger partial charge in [0.25, 0.3) is 5.69 Å². The van der Waals surface area contributed by atoms with E-state index >= 15 is 0 Å². The van der Waals surface area contributed by atoms with Gasteiger partial charge in [-0.3, -0.25) is 15.1 Å². The minimum absolute atomic E-state index is 0.0929. The molecule has 0 atom stereocenters. The van der Waals surface area contributed by atoms with Gasteiger partial charge in [0.1, 0.15) is 0 Å². The molecule has 1 saturated carbocycles. The maximum absolute atomic E-state index is 10.7. The lowest BCUT2D eigenvalue weighted by molar-refractivity contribution is -0.384. The fraction of sp³-hybridized carbons (Fsp3) is 0.368. The van der Waals surface area contributed by atoms with Gasteiger partial charge in [-0.1, -0.05) is 31.0 Å². The summed E-state index contributed by atoms with van der Waals surface area (Å²) in [5, 5.41) is 17.6. The predicted molar refractivity (Wildman–Crippen MR) is 101 cm³/mol. The van der Waals surface area contributed by atoms with Gasteiger partial charge in [-0.15, -0.1) is 0 Å². The van der Waals surface area contributed by atoms with Crippen LogP contribution in [-0.4, -0.2) is 21.9 Å². The van der Waals surface area contributed by atoms with Crippen LogP contribution in [0.4, 0.5) is 5.69 Å². The molecule has 0 aliphatic heterocycles. The third-order valence-corrected chi connectivity index (χ3v) is 4.43. The Bertz CT molecular complexity index is 740. The van der Waals surface area contributed by atoms with Crippen molar-refractivity contribution in [2.24, 2.45) is 4.99 Å². The first-order valence-electron chi connectivity index (χ1n) is 8.89. The van der Waals surface area contributed by atoms with Crippen molar-refractivity contribution in [1.29, 1.82) is 0 Å². The second kappa shape index (κ2) is 8.94. The molecule has 0 radical (unpaired) electrons. The summed E-state index contributed by atoms with van der Waals surface area (Å²) < 4.78 is 0. The molecule has 0 saturated heterocycles. The van der Waals surface area contributed by atoms with Crippen molar-refractivity contribution >= 4 is 11.6 Å². The van der Waals surface area contributed by atoms with E-state index in [2.05, 4.69) is 20.6 Å². The zero-order valence-electron chi connectivity index (χ0n) is 14.6. The van der Waals surface area contributed by atoms with Crippen molar-refractivity contribution in [2.45, 2.75) is 44.8 Å². The summed E-state index contributed by atoms with van der Waals surface area (Å²) in [6.45, 7) is 1.06. The van der Waals surface area contributed by atoms with Crippen LogP contribution >= 0.6 is 0 Å². The van der Waals surface area contributed by atoms with E-state index in [4.69, 9.17) is 0 Å². The molecule has 0 bridgehead atoms. The Morgan fingerprint density at radius 2 is 1.96 bits per heavy atom. The van der Waals surface area contributed by atoms with Crippen molar-refractivity contribution in [2.75, 3.05) is 0 Å². The number of nitrogens with zero attached hydrogens (tertiary/aromatic N) is 3. The van der Waals surface area contributed by atoms with Crippen LogP contribution in [0, 0.1) is 10.1 Å². The highest BCUT2D eigenvalue weighted by atomic mass is 16.6. The molecule has 2 aromatic rings. The van der Waals surface area contributed by atoms with Gasteiger partial charge in [0, 0.05) is 24.4 Å². The third-order valence-electron chi connectivity index (χ3n) is 4.43. The highest BCUT2D eigenvalue weighted by molar-refractivity contribution is 5.80. The first-order chi connectivity index (χ1) is 12.7. The number of nitro groups is 1. The van der Waals surface area contributed by atoms with Crippen molar-refractivity contribution in [1.82, 2.24) is 15.6 Å². The molecular formula is C19H23N5O2. The number of guanidine groups is 1. The van der Waals surface area contributed by atoms with E-state index in [-0.39, 0.29) is 5.69 Å². The van der Waals surface area contributed by atoms with E-state index in [1.54, 1.807) is 18.3 Å². The second-order valence-corrected chi connectivity index (χ2v) is 6.39. The first-order valence-corrected chi connectivity index (χ1v) is 8.89. The predicted octanol–water partition coefficient (Wildman–Crippen LogP) is 3.17. The minimum Gasteiger partial charge on any atom is -0.354 e. The van der Waals surface area contributed by atoms with Crippen LogP contribution in [0.5, 0.6) is 0 Å². The first kappa shape index (κ1) is 17.8. The molecule has 1 aromatic carbocycles. The smallest absolute Gasteiger partial charge is 0.269 e. The minimum atomic E-state index is -0.394. The topological polar surface area (TPSA) is 92.5 Å². The molecule has 7 nitrogen and oxygen atoms in total. The van der Waals surface area contributed by atoms with E-state index in [9.17, 15) is 10.1 Å². The van der Waals surface area contributed by atoms with E-state index in [1.165, 1.54) is 25.0 Å². The average molecular weight is 353 g/mol. The highest BCUT2D eigenvalue weighted by Gasteiger charge is 2.16. The van der Waals surface area contributed by atoms with Crippen LogP contribution < -0.4 is 10.6 Å². The van der Waals surface area contributed by atoms with Gasteiger partial charge in [-0.25, -0.2) is 4.99 Å². The van der Waals surface area contributed by atoms with Crippen molar-refractivity contribution in [3.63, 3.8) is 0 Å². The summed E-state index contributed by atoms with van der Waals surface area (Å²) in [6, 6.07) is 12.8. The maximum Gasteiger partial charge on any atom is 0.269 e. The van der Waals surface area contributed by atoms with Gasteiger partial charge < -0.3 is 10.6 Å². The molecule has 1 fully saturated rings. The van der Waals surface area contributed by atoms with E-state index in [1.807, 2.05) is 18.2 Å². The lowest BCUT2D eigenvalue weighted by atomic mass is 10.2. The fourth-order valence-corrected chi connectivity index (χ4v) is 2.99. The Labute approximate surface area is 152 Å². The number of aromatic nitrogens is 1. The molecule has 1 aromatic heterocycles. The van der Waals surface area contributed by atoms with Gasteiger partial charge in [0.15, 0.2) is 5.96 Å². The van der Waals surface area contributed by atoms with Gasteiger partial charge in [0.2, 0.25) is 0 Å². The largest absolute Gasteiger partial charge is 0.354 e. The molecule has 1 aliphatic rings. The Balaban J connectivity index is 1.64. The van der Waals surface area contributed by atoms with Gasteiger partial charge >= 0.3 is 0 Å². The second-order valence-electron chi connectivity index (χ2n) is 6.39. The zero-order chi connectivity index (χ0) is 18.2. The molecular weight excluding hydrogens is 330 g/mol. The lowest BCUT2D eigenvalue weighted by Gasteiger charge is -2.17. The lowest BCUT2D eigenvalue weighted by Crippen LogP contribution is -2.42. The Morgan fingerprint density at radius 1 is 1.19 bits per heavy atom. The SMILES string of the molecule is O=[N+]([O-])c1ccc(CN=C(NCc2ccccn2)NC2CCCC2)cc1. The Hall–Kier alpha value is -2.96. The number of pyridine rings is 1. The van der Waals surface area contributed by atoms with Crippen LogP contribution in [0.1, 0.15) is 36.9 Å². The zero-order valence-corrected chi connectivity index (χ0v) is 14.6. The van der Waals surface area contributed by atoms with Gasteiger partial charge in [-0.2, -0.15) is 0 Å². The number of aliphatic imine (C=N–C) groups is 1. The molecule has 1 aliphatic carbocycles. The summed E-state index contributed by atoms with van der Waals surface area (Å²) in [5.74, 6) is 0.751. The van der Waals surface area contributed by atoms with Gasteiger partial charge in [-0.05, 0) is 30.5 Å². The average Bonchev–Trinajstić information content (AvgIpc) is 3.18. The van der Waals surface area contributed by atoms with Crippen LogP contribution in [0.2, 0.25) is 0 Å². The van der Waals surface area contributed by atoms with Crippen molar-refractivity contribution in [3.8, 4) is 0 Å². The Morgan fingerprint density at radius 3 is 2.62 bits per heavy atom. The quantitative estimate of drug-likeness (QED) is 0.360. The number of hydrogen-bond donors (Lipinski definition) is 2. The summed E-state index contributed by atoms with van der Waals surface area (Å²) in [5.41, 5.74) is 1.97. The molecule has 26 heavy (non-hydrogen) atoms. The molecule has 136 valence electrons.